The van der Waals surface area contributed by atoms with Crippen LogP contribution in [0.3, 0.4) is 0 Å². The van der Waals surface area contributed by atoms with Gasteiger partial charge >= 0.3 is 0 Å². The van der Waals surface area contributed by atoms with E-state index < -0.39 is 0 Å². The Kier molecular flexibility index (Phi) is 5.00. The molecular formula is C16H26FN3. The minimum Gasteiger partial charge on any atom is -0.368 e. The number of hydrogen-bond donors (Lipinski definition) is 1. The van der Waals surface area contributed by atoms with Crippen LogP contribution in [0.15, 0.2) is 18.2 Å². The van der Waals surface area contributed by atoms with Crippen molar-refractivity contribution < 1.29 is 4.39 Å². The van der Waals surface area contributed by atoms with Gasteiger partial charge in [-0.1, -0.05) is 19.9 Å². The molecule has 0 bridgehead atoms. The zero-order chi connectivity index (χ0) is 14.7. The SMILES string of the molecule is CC(C)NCc1c(F)cccc1N1CCN(C)C(C)C1. The van der Waals surface area contributed by atoms with E-state index in [0.29, 0.717) is 18.6 Å². The van der Waals surface area contributed by atoms with E-state index in [1.54, 1.807) is 6.07 Å². The quantitative estimate of drug-likeness (QED) is 0.913. The maximum Gasteiger partial charge on any atom is 0.129 e. The van der Waals surface area contributed by atoms with Crippen molar-refractivity contribution in [2.45, 2.75) is 39.4 Å². The number of rotatable bonds is 4. The molecule has 1 aliphatic heterocycles. The molecule has 1 saturated heterocycles. The van der Waals surface area contributed by atoms with Crippen molar-refractivity contribution >= 4 is 5.69 Å². The lowest BCUT2D eigenvalue weighted by Gasteiger charge is -2.39. The first kappa shape index (κ1) is 15.3. The molecule has 0 amide bonds. The van der Waals surface area contributed by atoms with E-state index in [4.69, 9.17) is 0 Å². The van der Waals surface area contributed by atoms with Gasteiger partial charge in [-0.05, 0) is 26.1 Å². The Balaban J connectivity index is 2.20. The fourth-order valence-electron chi connectivity index (χ4n) is 2.59. The van der Waals surface area contributed by atoms with E-state index in [2.05, 4.69) is 42.9 Å². The lowest BCUT2D eigenvalue weighted by atomic mass is 10.1. The van der Waals surface area contributed by atoms with Crippen LogP contribution in [-0.2, 0) is 6.54 Å². The average Bonchev–Trinajstić information content (AvgIpc) is 2.40. The second kappa shape index (κ2) is 6.55. The van der Waals surface area contributed by atoms with Crippen LogP contribution < -0.4 is 10.2 Å². The first-order chi connectivity index (χ1) is 9.49. The third-order valence-corrected chi connectivity index (χ3v) is 4.08. The Morgan fingerprint density at radius 3 is 2.75 bits per heavy atom. The lowest BCUT2D eigenvalue weighted by Crippen LogP contribution is -2.50. The largest absolute Gasteiger partial charge is 0.368 e. The van der Waals surface area contributed by atoms with Gasteiger partial charge in [0.15, 0.2) is 0 Å². The molecule has 0 spiro atoms. The summed E-state index contributed by atoms with van der Waals surface area (Å²) in [6, 6.07) is 6.26. The van der Waals surface area contributed by atoms with Crippen LogP contribution in [0.5, 0.6) is 0 Å². The van der Waals surface area contributed by atoms with Gasteiger partial charge in [-0.3, -0.25) is 0 Å². The van der Waals surface area contributed by atoms with E-state index in [9.17, 15) is 4.39 Å². The summed E-state index contributed by atoms with van der Waals surface area (Å²) in [5.74, 6) is -0.109. The predicted octanol–water partition coefficient (Wildman–Crippen LogP) is 2.46. The topological polar surface area (TPSA) is 18.5 Å². The third-order valence-electron chi connectivity index (χ3n) is 4.08. The highest BCUT2D eigenvalue weighted by atomic mass is 19.1. The standard InChI is InChI=1S/C16H26FN3/c1-12(2)18-10-14-15(17)6-5-7-16(14)20-9-8-19(4)13(3)11-20/h5-7,12-13,18H,8-11H2,1-4H3. The van der Waals surface area contributed by atoms with Gasteiger partial charge in [0.2, 0.25) is 0 Å². The number of nitrogens with zero attached hydrogens (tertiary/aromatic N) is 2. The van der Waals surface area contributed by atoms with Gasteiger partial charge in [-0.15, -0.1) is 0 Å². The predicted molar refractivity (Wildman–Crippen MR) is 82.7 cm³/mol. The Hall–Kier alpha value is -1.13. The summed E-state index contributed by atoms with van der Waals surface area (Å²) in [6.07, 6.45) is 0. The highest BCUT2D eigenvalue weighted by molar-refractivity contribution is 5.54. The van der Waals surface area contributed by atoms with Gasteiger partial charge in [0.25, 0.3) is 0 Å². The summed E-state index contributed by atoms with van der Waals surface area (Å²) in [4.78, 5) is 4.66. The minimum atomic E-state index is -0.109. The molecule has 1 unspecified atom stereocenters. The van der Waals surface area contributed by atoms with Crippen molar-refractivity contribution in [2.75, 3.05) is 31.6 Å². The molecule has 0 aromatic heterocycles. The van der Waals surface area contributed by atoms with Gasteiger partial charge in [-0.25, -0.2) is 4.39 Å². The Morgan fingerprint density at radius 1 is 1.35 bits per heavy atom. The van der Waals surface area contributed by atoms with Crippen LogP contribution >= 0.6 is 0 Å². The molecule has 0 aliphatic carbocycles. The van der Waals surface area contributed by atoms with E-state index in [1.807, 2.05) is 12.1 Å². The minimum absolute atomic E-state index is 0.109. The van der Waals surface area contributed by atoms with Gasteiger partial charge in [0.05, 0.1) is 0 Å². The summed E-state index contributed by atoms with van der Waals surface area (Å²) < 4.78 is 14.2. The van der Waals surface area contributed by atoms with Crippen LogP contribution in [0.2, 0.25) is 0 Å². The maximum absolute atomic E-state index is 14.2. The first-order valence-corrected chi connectivity index (χ1v) is 7.45. The zero-order valence-electron chi connectivity index (χ0n) is 13.0. The monoisotopic (exact) mass is 279 g/mol. The Bertz CT molecular complexity index is 447. The van der Waals surface area contributed by atoms with E-state index in [-0.39, 0.29) is 5.82 Å². The number of nitrogens with one attached hydrogen (secondary N) is 1. The van der Waals surface area contributed by atoms with E-state index in [1.165, 1.54) is 0 Å². The summed E-state index contributed by atoms with van der Waals surface area (Å²) >= 11 is 0. The van der Waals surface area contributed by atoms with Crippen molar-refractivity contribution in [3.8, 4) is 0 Å². The Morgan fingerprint density at radius 2 is 2.10 bits per heavy atom. The molecule has 1 heterocycles. The number of likely N-dealkylation sites (N-methyl/N-ethyl adjacent to an activating group) is 1. The van der Waals surface area contributed by atoms with Crippen molar-refractivity contribution in [3.05, 3.63) is 29.6 Å². The highest BCUT2D eigenvalue weighted by Gasteiger charge is 2.23. The first-order valence-electron chi connectivity index (χ1n) is 7.45. The molecule has 4 heteroatoms. The summed E-state index contributed by atoms with van der Waals surface area (Å²) in [6.45, 7) is 9.90. The molecule has 1 fully saturated rings. The maximum atomic E-state index is 14.2. The lowest BCUT2D eigenvalue weighted by molar-refractivity contribution is 0.234. The van der Waals surface area contributed by atoms with E-state index in [0.717, 1.165) is 30.9 Å². The van der Waals surface area contributed by atoms with E-state index >= 15 is 0 Å². The van der Waals surface area contributed by atoms with Crippen molar-refractivity contribution in [3.63, 3.8) is 0 Å². The Labute approximate surface area is 121 Å². The molecule has 1 atom stereocenters. The third kappa shape index (κ3) is 3.49. The zero-order valence-corrected chi connectivity index (χ0v) is 13.0. The highest BCUT2D eigenvalue weighted by Crippen LogP contribution is 2.25. The van der Waals surface area contributed by atoms with Gasteiger partial charge in [-0.2, -0.15) is 0 Å². The molecule has 0 radical (unpaired) electrons. The van der Waals surface area contributed by atoms with Gasteiger partial charge in [0, 0.05) is 49.5 Å². The molecule has 0 saturated carbocycles. The molecule has 20 heavy (non-hydrogen) atoms. The second-order valence-electron chi connectivity index (χ2n) is 6.05. The van der Waals surface area contributed by atoms with Crippen molar-refractivity contribution in [1.29, 1.82) is 0 Å². The molecule has 3 nitrogen and oxygen atoms in total. The van der Waals surface area contributed by atoms with Crippen molar-refractivity contribution in [2.24, 2.45) is 0 Å². The summed E-state index contributed by atoms with van der Waals surface area (Å²) in [5, 5.41) is 3.32. The van der Waals surface area contributed by atoms with Crippen LogP contribution in [0.4, 0.5) is 10.1 Å². The van der Waals surface area contributed by atoms with Crippen LogP contribution in [0.25, 0.3) is 0 Å². The normalized spacial score (nSPS) is 20.7. The number of piperazine rings is 1. The fraction of sp³-hybridized carbons (Fsp3) is 0.625. The van der Waals surface area contributed by atoms with Crippen LogP contribution in [0, 0.1) is 5.82 Å². The molecule has 1 aromatic carbocycles. The molecular weight excluding hydrogens is 253 g/mol. The average molecular weight is 279 g/mol. The number of halogens is 1. The number of benzene rings is 1. The smallest absolute Gasteiger partial charge is 0.129 e. The molecule has 1 aromatic rings. The molecule has 1 N–H and O–H groups in total. The summed E-state index contributed by atoms with van der Waals surface area (Å²) in [5.41, 5.74) is 1.83. The van der Waals surface area contributed by atoms with Crippen LogP contribution in [-0.4, -0.2) is 43.7 Å². The van der Waals surface area contributed by atoms with Crippen molar-refractivity contribution in [1.82, 2.24) is 10.2 Å². The number of hydrogen-bond acceptors (Lipinski definition) is 3. The van der Waals surface area contributed by atoms with Gasteiger partial charge < -0.3 is 15.1 Å². The second-order valence-corrected chi connectivity index (χ2v) is 6.05. The van der Waals surface area contributed by atoms with Crippen LogP contribution in [0.1, 0.15) is 26.3 Å². The molecule has 112 valence electrons. The molecule has 2 rings (SSSR count). The summed E-state index contributed by atoms with van der Waals surface area (Å²) in [7, 11) is 2.15. The van der Waals surface area contributed by atoms with Gasteiger partial charge in [0.1, 0.15) is 5.82 Å². The number of anilines is 1. The molecule has 1 aliphatic rings. The fourth-order valence-corrected chi connectivity index (χ4v) is 2.59.